The normalized spacial score (nSPS) is 11.2. The van der Waals surface area contributed by atoms with Crippen molar-refractivity contribution in [3.63, 3.8) is 0 Å². The summed E-state index contributed by atoms with van der Waals surface area (Å²) in [6, 6.07) is 7.48. The molecule has 9 heteroatoms. The minimum absolute atomic E-state index is 0.0918. The number of nitrogens with one attached hydrogen (secondary N) is 1. The lowest BCUT2D eigenvalue weighted by Gasteiger charge is -2.13. The van der Waals surface area contributed by atoms with Gasteiger partial charge in [0.05, 0.1) is 26.9 Å². The minimum atomic E-state index is -4.42. The molecule has 1 heterocycles. The van der Waals surface area contributed by atoms with Gasteiger partial charge in [0.1, 0.15) is 11.5 Å². The average Bonchev–Trinajstić information content (AvgIpc) is 3.21. The van der Waals surface area contributed by atoms with Gasteiger partial charge < -0.3 is 19.2 Å². The molecular formula is C20H17F3N2O4. The molecule has 0 unspecified atom stereocenters. The zero-order chi connectivity index (χ0) is 21.2. The molecule has 0 amide bonds. The van der Waals surface area contributed by atoms with Crippen LogP contribution in [0.3, 0.4) is 0 Å². The van der Waals surface area contributed by atoms with Crippen molar-refractivity contribution in [2.75, 3.05) is 21.3 Å². The molecule has 0 atom stereocenters. The third-order valence-corrected chi connectivity index (χ3v) is 4.22. The van der Waals surface area contributed by atoms with E-state index in [1.165, 1.54) is 51.8 Å². The first-order valence-electron chi connectivity index (χ1n) is 8.36. The zero-order valence-electron chi connectivity index (χ0n) is 15.8. The smallest absolute Gasteiger partial charge is 0.416 e. The first-order valence-corrected chi connectivity index (χ1v) is 8.36. The molecule has 6 nitrogen and oxygen atoms in total. The van der Waals surface area contributed by atoms with Gasteiger partial charge in [-0.25, -0.2) is 4.98 Å². The van der Waals surface area contributed by atoms with Crippen LogP contribution in [0, 0.1) is 0 Å². The van der Waals surface area contributed by atoms with Crippen molar-refractivity contribution in [1.82, 2.24) is 9.97 Å². The topological polar surface area (TPSA) is 73.4 Å². The van der Waals surface area contributed by atoms with Crippen LogP contribution in [0.5, 0.6) is 17.2 Å². The van der Waals surface area contributed by atoms with Crippen LogP contribution in [-0.4, -0.2) is 37.1 Å². The highest BCUT2D eigenvalue weighted by Crippen LogP contribution is 2.38. The Balaban J connectivity index is 1.92. The molecule has 0 aliphatic heterocycles. The largest absolute Gasteiger partial charge is 0.493 e. The average molecular weight is 406 g/mol. The summed E-state index contributed by atoms with van der Waals surface area (Å²) >= 11 is 0. The summed E-state index contributed by atoms with van der Waals surface area (Å²) in [5.74, 6) is 0.828. The van der Waals surface area contributed by atoms with E-state index in [1.54, 1.807) is 0 Å². The van der Waals surface area contributed by atoms with Gasteiger partial charge in [0.15, 0.2) is 11.5 Å². The second-order valence-corrected chi connectivity index (χ2v) is 5.95. The number of rotatable bonds is 6. The van der Waals surface area contributed by atoms with Crippen LogP contribution in [0.2, 0.25) is 0 Å². The standard InChI is InChI=1S/C20H17F3N2O4/c1-27-15-8-12(9-16(28-2)18(15)29-3)17(26)14-10-24-19(25-14)11-4-6-13(7-5-11)20(21,22)23/h4-10H,1-3H3,(H,24,25). The van der Waals surface area contributed by atoms with Crippen molar-refractivity contribution >= 4 is 5.78 Å². The summed E-state index contributed by atoms with van der Waals surface area (Å²) in [6.07, 6.45) is -3.03. The molecule has 0 aliphatic rings. The number of halogens is 3. The number of hydrogen-bond acceptors (Lipinski definition) is 5. The number of nitrogens with zero attached hydrogens (tertiary/aromatic N) is 1. The van der Waals surface area contributed by atoms with Crippen LogP contribution < -0.4 is 14.2 Å². The summed E-state index contributed by atoms with van der Waals surface area (Å²) in [4.78, 5) is 19.8. The van der Waals surface area contributed by atoms with Gasteiger partial charge >= 0.3 is 6.18 Å². The lowest BCUT2D eigenvalue weighted by Crippen LogP contribution is -2.05. The lowest BCUT2D eigenvalue weighted by molar-refractivity contribution is -0.137. The van der Waals surface area contributed by atoms with Crippen LogP contribution in [0.15, 0.2) is 42.6 Å². The first kappa shape index (κ1) is 20.2. The second kappa shape index (κ2) is 7.86. The quantitative estimate of drug-likeness (QED) is 0.616. The number of methoxy groups -OCH3 is 3. The Hall–Kier alpha value is -3.49. The Bertz CT molecular complexity index is 1000. The summed E-state index contributed by atoms with van der Waals surface area (Å²) in [6.45, 7) is 0. The van der Waals surface area contributed by atoms with Gasteiger partial charge in [-0.3, -0.25) is 4.79 Å². The number of imidazole rings is 1. The van der Waals surface area contributed by atoms with Crippen molar-refractivity contribution in [3.8, 4) is 28.6 Å². The van der Waals surface area contributed by atoms with Gasteiger partial charge in [0.2, 0.25) is 11.5 Å². The van der Waals surface area contributed by atoms with Crippen molar-refractivity contribution in [1.29, 1.82) is 0 Å². The van der Waals surface area contributed by atoms with Crippen LogP contribution in [0.25, 0.3) is 11.4 Å². The van der Waals surface area contributed by atoms with E-state index in [1.807, 2.05) is 0 Å². The fraction of sp³-hybridized carbons (Fsp3) is 0.200. The van der Waals surface area contributed by atoms with Gasteiger partial charge in [-0.1, -0.05) is 12.1 Å². The summed E-state index contributed by atoms with van der Waals surface area (Å²) in [7, 11) is 4.32. The summed E-state index contributed by atoms with van der Waals surface area (Å²) in [5.41, 5.74) is 0.00242. The van der Waals surface area contributed by atoms with Crippen molar-refractivity contribution in [2.24, 2.45) is 0 Å². The van der Waals surface area contributed by atoms with E-state index in [2.05, 4.69) is 9.97 Å². The van der Waals surface area contributed by atoms with E-state index in [0.717, 1.165) is 12.1 Å². The molecule has 1 aromatic heterocycles. The predicted molar refractivity (Wildman–Crippen MR) is 98.6 cm³/mol. The second-order valence-electron chi connectivity index (χ2n) is 5.95. The number of aromatic amines is 1. The van der Waals surface area contributed by atoms with Gasteiger partial charge in [-0.15, -0.1) is 0 Å². The molecular weight excluding hydrogens is 389 g/mol. The molecule has 0 spiro atoms. The predicted octanol–water partition coefficient (Wildman–Crippen LogP) is 4.35. The van der Waals surface area contributed by atoms with E-state index in [0.29, 0.717) is 22.8 Å². The Morgan fingerprint density at radius 2 is 1.55 bits per heavy atom. The highest BCUT2D eigenvalue weighted by molar-refractivity contribution is 6.08. The SMILES string of the molecule is COc1cc(C(=O)c2c[nH]c(-c3ccc(C(F)(F)F)cc3)n2)cc(OC)c1OC. The molecule has 3 rings (SSSR count). The van der Waals surface area contributed by atoms with Crippen LogP contribution in [0.1, 0.15) is 21.6 Å². The van der Waals surface area contributed by atoms with Gasteiger partial charge in [-0.2, -0.15) is 13.2 Å². The van der Waals surface area contributed by atoms with E-state index in [9.17, 15) is 18.0 Å². The molecule has 0 bridgehead atoms. The maximum absolute atomic E-state index is 12.8. The molecule has 0 saturated carbocycles. The number of H-pyrrole nitrogens is 1. The minimum Gasteiger partial charge on any atom is -0.493 e. The maximum atomic E-state index is 12.8. The molecule has 0 saturated heterocycles. The van der Waals surface area contributed by atoms with Gasteiger partial charge in [0, 0.05) is 17.3 Å². The Kier molecular flexibility index (Phi) is 5.49. The number of ether oxygens (including phenoxy) is 3. The molecule has 0 fully saturated rings. The van der Waals surface area contributed by atoms with Crippen molar-refractivity contribution in [2.45, 2.75) is 6.18 Å². The molecule has 152 valence electrons. The first-order chi connectivity index (χ1) is 13.8. The molecule has 0 aliphatic carbocycles. The van der Waals surface area contributed by atoms with Crippen molar-refractivity contribution < 1.29 is 32.2 Å². The maximum Gasteiger partial charge on any atom is 0.416 e. The zero-order valence-corrected chi connectivity index (χ0v) is 15.8. The fourth-order valence-electron chi connectivity index (χ4n) is 2.76. The monoisotopic (exact) mass is 406 g/mol. The van der Waals surface area contributed by atoms with E-state index >= 15 is 0 Å². The number of carbonyl (C=O) groups excluding carboxylic acids is 1. The number of alkyl halides is 3. The number of benzene rings is 2. The van der Waals surface area contributed by atoms with Crippen molar-refractivity contribution in [3.05, 3.63) is 59.4 Å². The third-order valence-electron chi connectivity index (χ3n) is 4.22. The third kappa shape index (κ3) is 4.03. The Morgan fingerprint density at radius 3 is 2.03 bits per heavy atom. The highest BCUT2D eigenvalue weighted by Gasteiger charge is 2.30. The molecule has 1 N–H and O–H groups in total. The van der Waals surface area contributed by atoms with Crippen LogP contribution >= 0.6 is 0 Å². The van der Waals surface area contributed by atoms with E-state index < -0.39 is 17.5 Å². The van der Waals surface area contributed by atoms with Gasteiger partial charge in [0.25, 0.3) is 0 Å². The molecule has 29 heavy (non-hydrogen) atoms. The summed E-state index contributed by atoms with van der Waals surface area (Å²) < 4.78 is 53.8. The lowest BCUT2D eigenvalue weighted by atomic mass is 10.1. The number of aromatic nitrogens is 2. The fourth-order valence-corrected chi connectivity index (χ4v) is 2.76. The van der Waals surface area contributed by atoms with Crippen LogP contribution in [0.4, 0.5) is 13.2 Å². The van der Waals surface area contributed by atoms with Gasteiger partial charge in [-0.05, 0) is 24.3 Å². The highest BCUT2D eigenvalue weighted by atomic mass is 19.4. The number of carbonyl (C=O) groups is 1. The summed E-state index contributed by atoms with van der Waals surface area (Å²) in [5, 5.41) is 0. The molecule has 3 aromatic rings. The molecule has 0 radical (unpaired) electrons. The Morgan fingerprint density at radius 1 is 0.966 bits per heavy atom. The number of hydrogen-bond donors (Lipinski definition) is 1. The van der Waals surface area contributed by atoms with E-state index in [-0.39, 0.29) is 17.1 Å². The van der Waals surface area contributed by atoms with Crippen LogP contribution in [-0.2, 0) is 6.18 Å². The Labute approximate surface area is 164 Å². The molecule has 2 aromatic carbocycles. The number of ketones is 1. The van der Waals surface area contributed by atoms with E-state index in [4.69, 9.17) is 14.2 Å².